The van der Waals surface area contributed by atoms with Gasteiger partial charge in [0.2, 0.25) is 5.91 Å². The Morgan fingerprint density at radius 2 is 1.70 bits per heavy atom. The highest BCUT2D eigenvalue weighted by Crippen LogP contribution is 2.25. The molecule has 108 valence electrons. The van der Waals surface area contributed by atoms with E-state index in [0.717, 1.165) is 0 Å². The molecule has 6 nitrogen and oxygen atoms in total. The summed E-state index contributed by atoms with van der Waals surface area (Å²) in [5, 5.41) is 7.84. The molecule has 20 heavy (non-hydrogen) atoms. The summed E-state index contributed by atoms with van der Waals surface area (Å²) in [6, 6.07) is 4.51. The zero-order chi connectivity index (χ0) is 15.1. The Labute approximate surface area is 125 Å². The average molecular weight is 318 g/mol. The first kappa shape index (κ1) is 16.3. The van der Waals surface area contributed by atoms with Gasteiger partial charge in [-0.1, -0.05) is 23.2 Å². The first-order chi connectivity index (χ1) is 9.40. The van der Waals surface area contributed by atoms with Crippen LogP contribution in [0.5, 0.6) is 0 Å². The van der Waals surface area contributed by atoms with Crippen molar-refractivity contribution < 1.29 is 14.4 Å². The van der Waals surface area contributed by atoms with Gasteiger partial charge in [-0.25, -0.2) is 0 Å². The number of benzene rings is 1. The maximum Gasteiger partial charge on any atom is 0.313 e. The largest absolute Gasteiger partial charge is 0.355 e. The molecular formula is C12H13Cl2N3O3. The van der Waals surface area contributed by atoms with Crippen LogP contribution < -0.4 is 16.0 Å². The van der Waals surface area contributed by atoms with Crippen molar-refractivity contribution in [2.45, 2.75) is 6.92 Å². The molecule has 0 aliphatic carbocycles. The highest BCUT2D eigenvalue weighted by molar-refractivity contribution is 6.42. The first-order valence-corrected chi connectivity index (χ1v) is 6.44. The standard InChI is InChI=1S/C12H13Cl2N3O3/c1-7(18)15-4-5-16-11(19)12(20)17-10-6-8(13)2-3-9(10)14/h2-3,6H,4-5H2,1H3,(H,15,18)(H,16,19)(H,17,20). The first-order valence-electron chi connectivity index (χ1n) is 5.69. The van der Waals surface area contributed by atoms with Gasteiger partial charge in [-0.05, 0) is 18.2 Å². The lowest BCUT2D eigenvalue weighted by molar-refractivity contribution is -0.136. The Morgan fingerprint density at radius 1 is 1.05 bits per heavy atom. The van der Waals surface area contributed by atoms with Crippen LogP contribution in [-0.2, 0) is 14.4 Å². The summed E-state index contributed by atoms with van der Waals surface area (Å²) >= 11 is 11.6. The summed E-state index contributed by atoms with van der Waals surface area (Å²) < 4.78 is 0. The number of carbonyl (C=O) groups is 3. The summed E-state index contributed by atoms with van der Waals surface area (Å²) in [7, 11) is 0. The third-order valence-electron chi connectivity index (χ3n) is 2.17. The zero-order valence-corrected chi connectivity index (χ0v) is 12.1. The molecule has 0 aromatic heterocycles. The molecule has 0 saturated carbocycles. The number of hydrogen-bond donors (Lipinski definition) is 3. The SMILES string of the molecule is CC(=O)NCCNC(=O)C(=O)Nc1cc(Cl)ccc1Cl. The highest BCUT2D eigenvalue weighted by Gasteiger charge is 2.14. The van der Waals surface area contributed by atoms with Crippen LogP contribution in [0.25, 0.3) is 0 Å². The van der Waals surface area contributed by atoms with Crippen LogP contribution in [0.15, 0.2) is 18.2 Å². The fraction of sp³-hybridized carbons (Fsp3) is 0.250. The van der Waals surface area contributed by atoms with E-state index in [-0.39, 0.29) is 29.7 Å². The molecule has 1 aromatic carbocycles. The summed E-state index contributed by atoms with van der Waals surface area (Å²) in [6.45, 7) is 1.75. The molecule has 0 atom stereocenters. The third-order valence-corrected chi connectivity index (χ3v) is 2.73. The van der Waals surface area contributed by atoms with Crippen molar-refractivity contribution in [2.75, 3.05) is 18.4 Å². The molecular weight excluding hydrogens is 305 g/mol. The molecule has 1 rings (SSSR count). The van der Waals surface area contributed by atoms with Crippen LogP contribution in [0.2, 0.25) is 10.0 Å². The fourth-order valence-corrected chi connectivity index (χ4v) is 1.60. The molecule has 3 amide bonds. The van der Waals surface area contributed by atoms with Crippen molar-refractivity contribution in [3.63, 3.8) is 0 Å². The third kappa shape index (κ3) is 5.46. The monoisotopic (exact) mass is 317 g/mol. The van der Waals surface area contributed by atoms with Crippen LogP contribution in [-0.4, -0.2) is 30.8 Å². The van der Waals surface area contributed by atoms with Gasteiger partial charge in [-0.3, -0.25) is 14.4 Å². The number of nitrogens with one attached hydrogen (secondary N) is 3. The number of anilines is 1. The van der Waals surface area contributed by atoms with E-state index in [1.165, 1.54) is 19.1 Å². The maximum atomic E-state index is 11.6. The predicted octanol–water partition coefficient (Wildman–Crippen LogP) is 1.18. The average Bonchev–Trinajstić information content (AvgIpc) is 2.38. The molecule has 3 N–H and O–H groups in total. The second kappa shape index (κ2) is 7.72. The summed E-state index contributed by atoms with van der Waals surface area (Å²) in [5.41, 5.74) is 0.251. The molecule has 8 heteroatoms. The van der Waals surface area contributed by atoms with E-state index in [4.69, 9.17) is 23.2 Å². The maximum absolute atomic E-state index is 11.6. The lowest BCUT2D eigenvalue weighted by Crippen LogP contribution is -2.39. The van der Waals surface area contributed by atoms with Crippen molar-refractivity contribution >= 4 is 46.6 Å². The minimum atomic E-state index is -0.864. The topological polar surface area (TPSA) is 87.3 Å². The van der Waals surface area contributed by atoms with Crippen molar-refractivity contribution in [2.24, 2.45) is 0 Å². The molecule has 0 fully saturated rings. The molecule has 0 radical (unpaired) electrons. The van der Waals surface area contributed by atoms with E-state index < -0.39 is 11.8 Å². The Bertz CT molecular complexity index is 535. The van der Waals surface area contributed by atoms with Gasteiger partial charge in [0.25, 0.3) is 0 Å². The quantitative estimate of drug-likeness (QED) is 0.575. The highest BCUT2D eigenvalue weighted by atomic mass is 35.5. The van der Waals surface area contributed by atoms with Gasteiger partial charge in [0, 0.05) is 25.0 Å². The number of amides is 3. The number of rotatable bonds is 4. The van der Waals surface area contributed by atoms with E-state index >= 15 is 0 Å². The Morgan fingerprint density at radius 3 is 2.35 bits per heavy atom. The minimum Gasteiger partial charge on any atom is -0.355 e. The van der Waals surface area contributed by atoms with E-state index in [9.17, 15) is 14.4 Å². The van der Waals surface area contributed by atoms with E-state index in [1.54, 1.807) is 6.07 Å². The normalized spacial score (nSPS) is 9.75. The van der Waals surface area contributed by atoms with Crippen LogP contribution in [0, 0.1) is 0 Å². The number of hydrogen-bond acceptors (Lipinski definition) is 3. The Balaban J connectivity index is 2.47. The molecule has 1 aromatic rings. The Hall–Kier alpha value is -1.79. The van der Waals surface area contributed by atoms with E-state index in [1.807, 2.05) is 0 Å². The summed E-state index contributed by atoms with van der Waals surface area (Å²) in [6.07, 6.45) is 0. The van der Waals surface area contributed by atoms with Crippen molar-refractivity contribution in [3.05, 3.63) is 28.2 Å². The lowest BCUT2D eigenvalue weighted by Gasteiger charge is -2.08. The van der Waals surface area contributed by atoms with Crippen molar-refractivity contribution in [1.29, 1.82) is 0 Å². The van der Waals surface area contributed by atoms with E-state index in [0.29, 0.717) is 5.02 Å². The van der Waals surface area contributed by atoms with Gasteiger partial charge >= 0.3 is 11.8 Å². The zero-order valence-electron chi connectivity index (χ0n) is 10.6. The van der Waals surface area contributed by atoms with Crippen LogP contribution in [0.3, 0.4) is 0 Å². The van der Waals surface area contributed by atoms with Crippen LogP contribution in [0.4, 0.5) is 5.69 Å². The van der Waals surface area contributed by atoms with Gasteiger partial charge in [-0.2, -0.15) is 0 Å². The fourth-order valence-electron chi connectivity index (χ4n) is 1.27. The second-order valence-corrected chi connectivity index (χ2v) is 4.66. The Kier molecular flexibility index (Phi) is 6.27. The van der Waals surface area contributed by atoms with Gasteiger partial charge in [-0.15, -0.1) is 0 Å². The van der Waals surface area contributed by atoms with Crippen molar-refractivity contribution in [3.8, 4) is 0 Å². The van der Waals surface area contributed by atoms with Gasteiger partial charge in [0.15, 0.2) is 0 Å². The van der Waals surface area contributed by atoms with Crippen LogP contribution >= 0.6 is 23.2 Å². The molecule has 0 bridgehead atoms. The lowest BCUT2D eigenvalue weighted by atomic mass is 10.3. The molecule has 0 aliphatic heterocycles. The smallest absolute Gasteiger partial charge is 0.313 e. The number of halogens is 2. The molecule has 0 saturated heterocycles. The van der Waals surface area contributed by atoms with Gasteiger partial charge in [0.05, 0.1) is 10.7 Å². The molecule has 0 aliphatic rings. The molecule has 0 spiro atoms. The van der Waals surface area contributed by atoms with Crippen molar-refractivity contribution in [1.82, 2.24) is 10.6 Å². The molecule has 0 unspecified atom stereocenters. The van der Waals surface area contributed by atoms with Gasteiger partial charge < -0.3 is 16.0 Å². The number of carbonyl (C=O) groups excluding carboxylic acids is 3. The molecule has 0 heterocycles. The summed E-state index contributed by atoms with van der Waals surface area (Å²) in [4.78, 5) is 33.7. The van der Waals surface area contributed by atoms with Crippen LogP contribution in [0.1, 0.15) is 6.92 Å². The van der Waals surface area contributed by atoms with E-state index in [2.05, 4.69) is 16.0 Å². The minimum absolute atomic E-state index is 0.148. The van der Waals surface area contributed by atoms with Gasteiger partial charge in [0.1, 0.15) is 0 Å². The predicted molar refractivity (Wildman–Crippen MR) is 76.8 cm³/mol. The second-order valence-electron chi connectivity index (χ2n) is 3.82. The summed E-state index contributed by atoms with van der Waals surface area (Å²) in [5.74, 6) is -1.90.